The maximum atomic E-state index is 12.7. The lowest BCUT2D eigenvalue weighted by atomic mass is 9.79. The molecular weight excluding hydrogens is 314 g/mol. The second-order valence-electron chi connectivity index (χ2n) is 6.62. The minimum absolute atomic E-state index is 0.194. The summed E-state index contributed by atoms with van der Waals surface area (Å²) in [5, 5.41) is 9.15. The molecule has 23 heavy (non-hydrogen) atoms. The molecule has 2 fully saturated rings. The van der Waals surface area contributed by atoms with E-state index in [-0.39, 0.29) is 12.2 Å². The molecular formula is C17H25NO4S. The fourth-order valence-electron chi connectivity index (χ4n) is 3.78. The largest absolute Gasteiger partial charge is 0.396 e. The molecule has 1 atom stereocenters. The molecule has 5 nitrogen and oxygen atoms in total. The lowest BCUT2D eigenvalue weighted by Gasteiger charge is -2.45. The van der Waals surface area contributed by atoms with Gasteiger partial charge in [-0.3, -0.25) is 0 Å². The Labute approximate surface area is 138 Å². The summed E-state index contributed by atoms with van der Waals surface area (Å²) in [5.74, 6) is 0.492. The minimum Gasteiger partial charge on any atom is -0.396 e. The molecule has 1 unspecified atom stereocenters. The molecule has 0 aliphatic carbocycles. The van der Waals surface area contributed by atoms with Crippen molar-refractivity contribution in [3.63, 3.8) is 0 Å². The first-order chi connectivity index (χ1) is 11.1. The average Bonchev–Trinajstić information content (AvgIpc) is 2.57. The molecule has 2 aliphatic heterocycles. The monoisotopic (exact) mass is 339 g/mol. The van der Waals surface area contributed by atoms with Crippen LogP contribution < -0.4 is 0 Å². The summed E-state index contributed by atoms with van der Waals surface area (Å²) in [7, 11) is -3.40. The Hall–Kier alpha value is -0.950. The summed E-state index contributed by atoms with van der Waals surface area (Å²) in [6, 6.07) is 8.62. The van der Waals surface area contributed by atoms with E-state index in [0.717, 1.165) is 38.7 Å². The van der Waals surface area contributed by atoms with Crippen molar-refractivity contribution in [2.45, 2.75) is 42.6 Å². The van der Waals surface area contributed by atoms with E-state index in [0.29, 0.717) is 23.9 Å². The lowest BCUT2D eigenvalue weighted by Crippen LogP contribution is -2.50. The van der Waals surface area contributed by atoms with E-state index in [2.05, 4.69) is 0 Å². The SMILES string of the molecule is O=S(=O)(c1ccccc1)N1CCC2(CC1)CC(CCO)CCO2. The molecule has 6 heteroatoms. The number of ether oxygens (including phenoxy) is 1. The minimum atomic E-state index is -3.40. The van der Waals surface area contributed by atoms with Crippen molar-refractivity contribution in [3.8, 4) is 0 Å². The fourth-order valence-corrected chi connectivity index (χ4v) is 5.24. The normalized spacial score (nSPS) is 25.5. The van der Waals surface area contributed by atoms with Crippen molar-refractivity contribution < 1.29 is 18.3 Å². The number of aliphatic hydroxyl groups is 1. The molecule has 2 aliphatic rings. The zero-order chi connectivity index (χ0) is 16.3. The van der Waals surface area contributed by atoms with Gasteiger partial charge in [0.25, 0.3) is 0 Å². The first-order valence-corrected chi connectivity index (χ1v) is 9.80. The second-order valence-corrected chi connectivity index (χ2v) is 8.56. The summed E-state index contributed by atoms with van der Waals surface area (Å²) >= 11 is 0. The standard InChI is InChI=1S/C17H25NO4S/c19-12-6-15-7-13-22-17(14-15)8-10-18(11-9-17)23(20,21)16-4-2-1-3-5-16/h1-5,15,19H,6-14H2. The van der Waals surface area contributed by atoms with Gasteiger partial charge in [-0.1, -0.05) is 18.2 Å². The third-order valence-electron chi connectivity index (χ3n) is 5.15. The molecule has 1 N–H and O–H groups in total. The number of hydrogen-bond donors (Lipinski definition) is 1. The first kappa shape index (κ1) is 16.9. The predicted molar refractivity (Wildman–Crippen MR) is 87.5 cm³/mol. The van der Waals surface area contributed by atoms with Gasteiger partial charge in [-0.15, -0.1) is 0 Å². The maximum absolute atomic E-state index is 12.7. The molecule has 1 aromatic rings. The third kappa shape index (κ3) is 3.60. The smallest absolute Gasteiger partial charge is 0.243 e. The summed E-state index contributed by atoms with van der Waals surface area (Å²) in [5.41, 5.74) is -0.194. The highest BCUT2D eigenvalue weighted by atomic mass is 32.2. The van der Waals surface area contributed by atoms with Gasteiger partial charge in [0.1, 0.15) is 0 Å². The summed E-state index contributed by atoms with van der Waals surface area (Å²) in [6.45, 7) is 1.94. The topological polar surface area (TPSA) is 66.8 Å². The molecule has 1 spiro atoms. The Morgan fingerprint density at radius 1 is 1.22 bits per heavy atom. The Morgan fingerprint density at radius 2 is 1.91 bits per heavy atom. The van der Waals surface area contributed by atoms with E-state index in [4.69, 9.17) is 9.84 Å². The van der Waals surface area contributed by atoms with Crippen molar-refractivity contribution in [1.82, 2.24) is 4.31 Å². The Kier molecular flexibility index (Phi) is 5.06. The number of rotatable bonds is 4. The van der Waals surface area contributed by atoms with Crippen LogP contribution in [-0.2, 0) is 14.8 Å². The van der Waals surface area contributed by atoms with Gasteiger partial charge in [0.2, 0.25) is 10.0 Å². The Morgan fingerprint density at radius 3 is 2.57 bits per heavy atom. The summed E-state index contributed by atoms with van der Waals surface area (Å²) < 4.78 is 33.0. The quantitative estimate of drug-likeness (QED) is 0.911. The summed E-state index contributed by atoms with van der Waals surface area (Å²) in [6.07, 6.45) is 4.22. The van der Waals surface area contributed by atoms with Gasteiger partial charge in [0.15, 0.2) is 0 Å². The maximum Gasteiger partial charge on any atom is 0.243 e. The van der Waals surface area contributed by atoms with Crippen LogP contribution in [0.3, 0.4) is 0 Å². The van der Waals surface area contributed by atoms with E-state index in [9.17, 15) is 8.42 Å². The van der Waals surface area contributed by atoms with E-state index < -0.39 is 10.0 Å². The molecule has 0 aromatic heterocycles. The molecule has 0 saturated carbocycles. The molecule has 0 amide bonds. The van der Waals surface area contributed by atoms with Crippen LogP contribution in [0.1, 0.15) is 32.1 Å². The number of sulfonamides is 1. The molecule has 2 saturated heterocycles. The van der Waals surface area contributed by atoms with Crippen LogP contribution in [0.15, 0.2) is 35.2 Å². The van der Waals surface area contributed by atoms with Gasteiger partial charge in [-0.05, 0) is 50.2 Å². The van der Waals surface area contributed by atoms with Crippen LogP contribution in [0, 0.1) is 5.92 Å². The number of aliphatic hydroxyl groups excluding tert-OH is 1. The van der Waals surface area contributed by atoms with Crippen LogP contribution in [0.5, 0.6) is 0 Å². The van der Waals surface area contributed by atoms with E-state index in [1.165, 1.54) is 0 Å². The number of hydrogen-bond acceptors (Lipinski definition) is 4. The second kappa shape index (κ2) is 6.89. The Bertz CT molecular complexity index is 607. The van der Waals surface area contributed by atoms with E-state index >= 15 is 0 Å². The fraction of sp³-hybridized carbons (Fsp3) is 0.647. The van der Waals surface area contributed by atoms with Gasteiger partial charge in [0.05, 0.1) is 10.5 Å². The van der Waals surface area contributed by atoms with Crippen LogP contribution in [0.25, 0.3) is 0 Å². The summed E-state index contributed by atoms with van der Waals surface area (Å²) in [4.78, 5) is 0.360. The molecule has 0 radical (unpaired) electrons. The van der Waals surface area contributed by atoms with Crippen molar-refractivity contribution in [2.24, 2.45) is 5.92 Å². The van der Waals surface area contributed by atoms with Gasteiger partial charge in [0, 0.05) is 26.3 Å². The van der Waals surface area contributed by atoms with Crippen LogP contribution in [0.2, 0.25) is 0 Å². The zero-order valence-corrected chi connectivity index (χ0v) is 14.2. The zero-order valence-electron chi connectivity index (χ0n) is 13.4. The van der Waals surface area contributed by atoms with E-state index in [1.54, 1.807) is 28.6 Å². The highest BCUT2D eigenvalue weighted by molar-refractivity contribution is 7.89. The Balaban J connectivity index is 1.66. The van der Waals surface area contributed by atoms with Gasteiger partial charge in [-0.2, -0.15) is 4.31 Å². The van der Waals surface area contributed by atoms with Crippen molar-refractivity contribution in [2.75, 3.05) is 26.3 Å². The number of benzene rings is 1. The number of piperidine rings is 1. The molecule has 2 heterocycles. The average molecular weight is 339 g/mol. The molecule has 0 bridgehead atoms. The van der Waals surface area contributed by atoms with Gasteiger partial charge >= 0.3 is 0 Å². The van der Waals surface area contributed by atoms with E-state index in [1.807, 2.05) is 6.07 Å². The van der Waals surface area contributed by atoms with Crippen LogP contribution in [-0.4, -0.2) is 49.7 Å². The highest BCUT2D eigenvalue weighted by Crippen LogP contribution is 2.39. The van der Waals surface area contributed by atoms with Crippen molar-refractivity contribution in [3.05, 3.63) is 30.3 Å². The van der Waals surface area contributed by atoms with Crippen molar-refractivity contribution in [1.29, 1.82) is 0 Å². The lowest BCUT2D eigenvalue weighted by molar-refractivity contribution is -0.122. The predicted octanol–water partition coefficient (Wildman–Crippen LogP) is 2.02. The third-order valence-corrected chi connectivity index (χ3v) is 7.06. The number of nitrogens with zero attached hydrogens (tertiary/aromatic N) is 1. The molecule has 128 valence electrons. The van der Waals surface area contributed by atoms with Crippen LogP contribution >= 0.6 is 0 Å². The first-order valence-electron chi connectivity index (χ1n) is 8.36. The van der Waals surface area contributed by atoms with Crippen LogP contribution in [0.4, 0.5) is 0 Å². The molecule has 1 aromatic carbocycles. The highest BCUT2D eigenvalue weighted by Gasteiger charge is 2.42. The van der Waals surface area contributed by atoms with Crippen molar-refractivity contribution >= 4 is 10.0 Å². The van der Waals surface area contributed by atoms with Gasteiger partial charge < -0.3 is 9.84 Å². The molecule has 3 rings (SSSR count). The van der Waals surface area contributed by atoms with Gasteiger partial charge in [-0.25, -0.2) is 8.42 Å².